The zero-order chi connectivity index (χ0) is 46.9. The van der Waals surface area contributed by atoms with Gasteiger partial charge in [0.1, 0.15) is 40.3 Å². The van der Waals surface area contributed by atoms with Gasteiger partial charge in [-0.1, -0.05) is 52.8 Å². The first-order chi connectivity index (χ1) is 30.2. The minimum absolute atomic E-state index is 0.00129. The van der Waals surface area contributed by atoms with E-state index in [1.54, 1.807) is 49.4 Å². The third-order valence-electron chi connectivity index (χ3n) is 12.9. The number of esters is 1. The lowest BCUT2D eigenvalue weighted by Crippen LogP contribution is -2.43. The molecule has 344 valence electrons. The molecule has 6 rings (SSSR count). The predicted molar refractivity (Wildman–Crippen MR) is 243 cm³/mol. The highest BCUT2D eigenvalue weighted by atomic mass is 16.7. The fraction of sp³-hybridized carbons (Fsp3) is 0.490. The molecule has 0 radical (unpaired) electrons. The zero-order valence-corrected chi connectivity index (χ0v) is 38.7. The van der Waals surface area contributed by atoms with Crippen LogP contribution < -0.4 is 20.2 Å². The Labute approximate surface area is 373 Å². The molecule has 0 saturated heterocycles. The molecule has 15 nitrogen and oxygen atoms in total. The van der Waals surface area contributed by atoms with Crippen LogP contribution in [0, 0.1) is 36.5 Å². The van der Waals surface area contributed by atoms with Gasteiger partial charge in [-0.25, -0.2) is 4.98 Å². The van der Waals surface area contributed by atoms with Gasteiger partial charge in [0.25, 0.3) is 11.7 Å². The number of hydrogen-bond donors (Lipinski definition) is 3. The average Bonchev–Trinajstić information content (AvgIpc) is 3.52. The topological polar surface area (TPSA) is 196 Å². The molecule has 15 heteroatoms. The quantitative estimate of drug-likeness (QED) is 0.0712. The van der Waals surface area contributed by atoms with Gasteiger partial charge in [0.05, 0.1) is 36.0 Å². The van der Waals surface area contributed by atoms with Crippen molar-refractivity contribution in [2.45, 2.75) is 92.8 Å². The average molecular weight is 884 g/mol. The van der Waals surface area contributed by atoms with E-state index in [9.17, 15) is 29.4 Å². The number of anilines is 1. The number of aliphatic hydroxyl groups excluding tert-OH is 1. The highest BCUT2D eigenvalue weighted by Gasteiger charge is 2.50. The van der Waals surface area contributed by atoms with E-state index in [1.807, 2.05) is 48.7 Å². The van der Waals surface area contributed by atoms with E-state index in [0.29, 0.717) is 17.9 Å². The number of aliphatic hydroxyl groups is 1. The zero-order valence-electron chi connectivity index (χ0n) is 38.7. The molecular weight excluding hydrogens is 823 g/mol. The second-order valence-electron chi connectivity index (χ2n) is 17.7. The Morgan fingerprint density at radius 3 is 2.39 bits per heavy atom. The number of fused-ring (bicyclic) bond motifs is 2. The van der Waals surface area contributed by atoms with Gasteiger partial charge in [-0.05, 0) is 70.3 Å². The van der Waals surface area contributed by atoms with Crippen LogP contribution in [0.1, 0.15) is 77.7 Å². The number of ether oxygens (including phenoxy) is 5. The number of ketones is 1. The van der Waals surface area contributed by atoms with Gasteiger partial charge in [0.15, 0.2) is 11.3 Å². The van der Waals surface area contributed by atoms with Gasteiger partial charge < -0.3 is 48.5 Å². The van der Waals surface area contributed by atoms with Crippen molar-refractivity contribution in [3.8, 4) is 28.7 Å². The molecule has 2 aromatic carbocycles. The van der Waals surface area contributed by atoms with Crippen LogP contribution in [-0.2, 0) is 23.8 Å². The van der Waals surface area contributed by atoms with E-state index >= 15 is 0 Å². The molecule has 64 heavy (non-hydrogen) atoms. The number of rotatable bonds is 7. The van der Waals surface area contributed by atoms with Crippen LogP contribution in [0.15, 0.2) is 63.6 Å². The maximum Gasteiger partial charge on any atom is 0.312 e. The summed E-state index contributed by atoms with van der Waals surface area (Å²) in [6, 6.07) is 5.04. The van der Waals surface area contributed by atoms with E-state index in [2.05, 4.69) is 10.2 Å². The standard InChI is InChI=1S/C49H61N3O12/c1-24-15-13-16-25(2)48(58)51-40-43(56)37-36(39-46(40)63-35-23-32(17-18-33(35)50-39)60-21-14-20-52(10)11)38-45(30(7)42(37)55)64-49(9,47(38)57)61-22-19-34(59-12)29(6)44(62-31(8)53)28(5)26(3)27(4)41(24)54/h13,15-19,22-24,26-29,34,41,44,54-55H,14,20-21H2,1-12H3,(H,51,58)/b15-13+,22-19+,25-16-/t24-,26+,27-,28+,29+,34-,41-,44-,49-/m0/s1. The van der Waals surface area contributed by atoms with Crippen LogP contribution in [0.2, 0.25) is 0 Å². The molecule has 0 spiro atoms. The van der Waals surface area contributed by atoms with Crippen LogP contribution in [0.25, 0.3) is 33.3 Å². The summed E-state index contributed by atoms with van der Waals surface area (Å²) in [6.45, 7) is 16.7. The Kier molecular flexibility index (Phi) is 14.3. The highest BCUT2D eigenvalue weighted by Crippen LogP contribution is 2.50. The lowest BCUT2D eigenvalue weighted by atomic mass is 9.73. The number of aromatic nitrogens is 1. The van der Waals surface area contributed by atoms with Crippen molar-refractivity contribution in [3.05, 3.63) is 75.7 Å². The second-order valence-corrected chi connectivity index (χ2v) is 17.7. The number of nitrogens with one attached hydrogen (secondary N) is 1. The van der Waals surface area contributed by atoms with Crippen molar-refractivity contribution in [1.82, 2.24) is 9.88 Å². The maximum atomic E-state index is 14.7. The first-order valence-electron chi connectivity index (χ1n) is 21.7. The predicted octanol–water partition coefficient (Wildman–Crippen LogP) is 7.55. The van der Waals surface area contributed by atoms with Gasteiger partial charge in [0, 0.05) is 61.9 Å². The third kappa shape index (κ3) is 9.24. The fourth-order valence-electron chi connectivity index (χ4n) is 8.66. The van der Waals surface area contributed by atoms with Crippen molar-refractivity contribution < 1.29 is 52.7 Å². The Bertz CT molecular complexity index is 2560. The number of phenolic OH excluding ortho intramolecular Hbond substituents is 1. The lowest BCUT2D eigenvalue weighted by Gasteiger charge is -2.39. The lowest BCUT2D eigenvalue weighted by molar-refractivity contribution is -0.157. The summed E-state index contributed by atoms with van der Waals surface area (Å²) in [5.74, 6) is -5.41. The fourth-order valence-corrected chi connectivity index (χ4v) is 8.66. The van der Waals surface area contributed by atoms with E-state index in [1.165, 1.54) is 34.1 Å². The Hall–Kier alpha value is -5.77. The summed E-state index contributed by atoms with van der Waals surface area (Å²) in [6.07, 6.45) is 6.52. The van der Waals surface area contributed by atoms with Gasteiger partial charge in [0.2, 0.25) is 5.43 Å². The molecule has 0 fully saturated rings. The number of allylic oxidation sites excluding steroid dienone is 2. The molecule has 2 aromatic rings. The minimum Gasteiger partial charge on any atom is -0.507 e. The Morgan fingerprint density at radius 1 is 1.00 bits per heavy atom. The van der Waals surface area contributed by atoms with Crippen LogP contribution >= 0.6 is 0 Å². The molecular formula is C49H61N3O12. The molecule has 0 saturated carbocycles. The Balaban J connectivity index is 1.56. The smallest absolute Gasteiger partial charge is 0.312 e. The van der Waals surface area contributed by atoms with Crippen molar-refractivity contribution in [2.24, 2.45) is 29.6 Å². The largest absolute Gasteiger partial charge is 0.507 e. The van der Waals surface area contributed by atoms with E-state index in [4.69, 9.17) is 33.1 Å². The van der Waals surface area contributed by atoms with Crippen LogP contribution in [-0.4, -0.2) is 96.2 Å². The summed E-state index contributed by atoms with van der Waals surface area (Å²) >= 11 is 0. The minimum atomic E-state index is -2.00. The van der Waals surface area contributed by atoms with Crippen LogP contribution in [0.4, 0.5) is 5.69 Å². The summed E-state index contributed by atoms with van der Waals surface area (Å²) in [7, 11) is 5.46. The summed E-state index contributed by atoms with van der Waals surface area (Å²) in [5, 5.41) is 25.7. The summed E-state index contributed by atoms with van der Waals surface area (Å²) in [5.41, 5.74) is -0.337. The molecule has 0 unspecified atom stereocenters. The molecule has 1 amide bonds. The normalized spacial score (nSPS) is 28.8. The number of carbonyl (C=O) groups excluding carboxylic acids is 3. The number of Topliss-reactive ketones (excluding diaryl/α,β-unsaturated/α-hetero) is 1. The molecule has 0 aromatic heterocycles. The van der Waals surface area contributed by atoms with Crippen LogP contribution in [0.3, 0.4) is 0 Å². The van der Waals surface area contributed by atoms with Gasteiger partial charge in [-0.3, -0.25) is 19.2 Å². The maximum absolute atomic E-state index is 14.7. The second kappa shape index (κ2) is 19.1. The van der Waals surface area contributed by atoms with Crippen molar-refractivity contribution in [3.63, 3.8) is 0 Å². The number of amides is 1. The number of carbonyl (C=O) groups is 3. The summed E-state index contributed by atoms with van der Waals surface area (Å²) in [4.78, 5) is 62.9. The molecule has 3 heterocycles. The van der Waals surface area contributed by atoms with Gasteiger partial charge >= 0.3 is 11.8 Å². The molecule has 4 aliphatic rings. The first kappa shape index (κ1) is 47.7. The van der Waals surface area contributed by atoms with E-state index in [-0.39, 0.29) is 79.6 Å². The number of aromatic hydroxyl groups is 1. The number of hydrogen-bond acceptors (Lipinski definition) is 14. The molecule has 4 bridgehead atoms. The van der Waals surface area contributed by atoms with Gasteiger partial charge in [-0.2, -0.15) is 0 Å². The van der Waals surface area contributed by atoms with Crippen molar-refractivity contribution in [1.29, 1.82) is 0 Å². The number of benzene rings is 3. The highest BCUT2D eigenvalue weighted by molar-refractivity contribution is 6.22. The number of phenols is 1. The van der Waals surface area contributed by atoms with Crippen molar-refractivity contribution in [2.75, 3.05) is 39.7 Å². The molecule has 3 aliphatic heterocycles. The first-order valence-corrected chi connectivity index (χ1v) is 21.7. The molecule has 3 N–H and O–H groups in total. The summed E-state index contributed by atoms with van der Waals surface area (Å²) < 4.78 is 36.6. The third-order valence-corrected chi connectivity index (χ3v) is 12.9. The number of nitrogens with zero attached hydrogens (tertiary/aromatic N) is 2. The molecule has 1 aliphatic carbocycles. The van der Waals surface area contributed by atoms with Crippen LogP contribution in [0.5, 0.6) is 17.2 Å². The Morgan fingerprint density at radius 2 is 1.72 bits per heavy atom. The molecule has 9 atom stereocenters. The van der Waals surface area contributed by atoms with Crippen molar-refractivity contribution >= 4 is 45.2 Å². The van der Waals surface area contributed by atoms with Gasteiger partial charge in [-0.15, -0.1) is 0 Å². The monoisotopic (exact) mass is 883 g/mol. The SMILES string of the molecule is CO[C@H]1/C=C/O[C@@]2(C)Oc3c(C)c(O)c4c(=O)c(c5oc6cc(OCCCN(C)C)ccc6nc-5c4c3C2=O)NC(=O)/C(C)=C\C=C\[C@H](C)[C@H](O)[C@@H](C)[C@@H](C)[C@@H](C)[C@H](OC(C)=O)[C@@H]1C. The van der Waals surface area contributed by atoms with E-state index in [0.717, 1.165) is 13.0 Å². The van der Waals surface area contributed by atoms with E-state index < -0.39 is 58.9 Å². The number of methoxy groups -OCH3 is 1.